The van der Waals surface area contributed by atoms with Crippen LogP contribution in [0.25, 0.3) is 0 Å². The lowest BCUT2D eigenvalue weighted by molar-refractivity contribution is -0.119. The van der Waals surface area contributed by atoms with E-state index in [0.717, 1.165) is 15.6 Å². The summed E-state index contributed by atoms with van der Waals surface area (Å²) < 4.78 is 42.3. The number of nitrogens with one attached hydrogen (secondary N) is 1. The van der Waals surface area contributed by atoms with Crippen molar-refractivity contribution in [1.29, 1.82) is 0 Å². The lowest BCUT2D eigenvalue weighted by Gasteiger charge is -2.23. The molecule has 1 aliphatic rings. The number of amides is 1. The van der Waals surface area contributed by atoms with Crippen molar-refractivity contribution >= 4 is 21.6 Å². The highest BCUT2D eigenvalue weighted by molar-refractivity contribution is 7.92. The minimum atomic E-state index is -3.66. The van der Waals surface area contributed by atoms with Gasteiger partial charge < -0.3 is 19.5 Å². The highest BCUT2D eigenvalue weighted by Crippen LogP contribution is 2.36. The number of rotatable bonds is 9. The van der Waals surface area contributed by atoms with E-state index < -0.39 is 15.9 Å². The molecular weight excluding hydrogens is 396 g/mol. The zero-order valence-electron chi connectivity index (χ0n) is 16.4. The zero-order valence-corrected chi connectivity index (χ0v) is 17.2. The third-order valence-electron chi connectivity index (χ3n) is 4.31. The third-order valence-corrected chi connectivity index (χ3v) is 6.06. The van der Waals surface area contributed by atoms with Crippen LogP contribution in [-0.4, -0.2) is 46.6 Å². The summed E-state index contributed by atoms with van der Waals surface area (Å²) in [7, 11) is -3.66. The van der Waals surface area contributed by atoms with E-state index in [2.05, 4.69) is 5.32 Å². The summed E-state index contributed by atoms with van der Waals surface area (Å²) in [5.41, 5.74) is 1.43. The Morgan fingerprint density at radius 1 is 1.17 bits per heavy atom. The maximum Gasteiger partial charge on any atom is 0.240 e. The van der Waals surface area contributed by atoms with Crippen molar-refractivity contribution in [2.45, 2.75) is 13.8 Å². The van der Waals surface area contributed by atoms with Crippen LogP contribution in [0.1, 0.15) is 12.5 Å². The standard InChI is InChI=1S/C20H24N2O6S/c1-3-29(24,25)22(16-7-8-18-19(12-16)28-14-27-18)13-20(23)21-9-10-26-17-6-4-5-15(2)11-17/h4-8,11-12H,3,9-10,13-14H2,1-2H3,(H,21,23). The molecule has 0 radical (unpaired) electrons. The largest absolute Gasteiger partial charge is 0.492 e. The van der Waals surface area contributed by atoms with Crippen LogP contribution in [0.4, 0.5) is 5.69 Å². The highest BCUT2D eigenvalue weighted by atomic mass is 32.2. The Morgan fingerprint density at radius 2 is 1.97 bits per heavy atom. The number of anilines is 1. The minimum absolute atomic E-state index is 0.0841. The van der Waals surface area contributed by atoms with Crippen LogP contribution < -0.4 is 23.8 Å². The van der Waals surface area contributed by atoms with Gasteiger partial charge in [-0.2, -0.15) is 0 Å². The molecule has 1 N–H and O–H groups in total. The predicted octanol–water partition coefficient (Wildman–Crippen LogP) is 2.08. The number of hydrogen-bond acceptors (Lipinski definition) is 6. The monoisotopic (exact) mass is 420 g/mol. The molecule has 0 unspecified atom stereocenters. The second kappa shape index (κ2) is 9.04. The summed E-state index contributed by atoms with van der Waals surface area (Å²) in [5.74, 6) is 1.15. The first-order valence-electron chi connectivity index (χ1n) is 9.25. The van der Waals surface area contributed by atoms with E-state index in [1.165, 1.54) is 6.92 Å². The molecule has 0 fully saturated rings. The first kappa shape index (κ1) is 20.8. The molecule has 0 saturated heterocycles. The SMILES string of the molecule is CCS(=O)(=O)N(CC(=O)NCCOc1cccc(C)c1)c1ccc2c(c1)OCO2. The molecule has 0 aliphatic carbocycles. The molecule has 9 heteroatoms. The van der Waals surface area contributed by atoms with Gasteiger partial charge in [-0.3, -0.25) is 9.10 Å². The average molecular weight is 420 g/mol. The Hall–Kier alpha value is -2.94. The summed E-state index contributed by atoms with van der Waals surface area (Å²) in [4.78, 5) is 12.4. The van der Waals surface area contributed by atoms with E-state index in [0.29, 0.717) is 17.2 Å². The molecule has 0 saturated carbocycles. The highest BCUT2D eigenvalue weighted by Gasteiger charge is 2.25. The summed E-state index contributed by atoms with van der Waals surface area (Å²) >= 11 is 0. The number of nitrogens with zero attached hydrogens (tertiary/aromatic N) is 1. The summed E-state index contributed by atoms with van der Waals surface area (Å²) in [5, 5.41) is 2.69. The fourth-order valence-electron chi connectivity index (χ4n) is 2.80. The van der Waals surface area contributed by atoms with E-state index in [-0.39, 0.29) is 32.2 Å². The maximum absolute atomic E-state index is 12.5. The van der Waals surface area contributed by atoms with Crippen LogP contribution in [0.5, 0.6) is 17.2 Å². The van der Waals surface area contributed by atoms with Crippen molar-refractivity contribution in [2.24, 2.45) is 0 Å². The smallest absolute Gasteiger partial charge is 0.240 e. The normalized spacial score (nSPS) is 12.5. The molecule has 2 aromatic carbocycles. The average Bonchev–Trinajstić information content (AvgIpc) is 3.17. The van der Waals surface area contributed by atoms with E-state index in [1.807, 2.05) is 31.2 Å². The molecule has 8 nitrogen and oxygen atoms in total. The van der Waals surface area contributed by atoms with E-state index in [1.54, 1.807) is 18.2 Å². The Labute approximate surface area is 170 Å². The summed E-state index contributed by atoms with van der Waals surface area (Å²) in [6.45, 7) is 3.78. The van der Waals surface area contributed by atoms with Gasteiger partial charge in [0.05, 0.1) is 18.0 Å². The lowest BCUT2D eigenvalue weighted by Crippen LogP contribution is -2.42. The van der Waals surface area contributed by atoms with Crippen LogP contribution in [0, 0.1) is 6.92 Å². The van der Waals surface area contributed by atoms with E-state index >= 15 is 0 Å². The fraction of sp³-hybridized carbons (Fsp3) is 0.350. The number of hydrogen-bond donors (Lipinski definition) is 1. The number of sulfonamides is 1. The Morgan fingerprint density at radius 3 is 2.72 bits per heavy atom. The van der Waals surface area contributed by atoms with Gasteiger partial charge in [0, 0.05) is 6.07 Å². The molecule has 2 aromatic rings. The quantitative estimate of drug-likeness (QED) is 0.624. The Bertz CT molecular complexity index is 977. The second-order valence-electron chi connectivity index (χ2n) is 6.46. The lowest BCUT2D eigenvalue weighted by atomic mass is 10.2. The molecule has 156 valence electrons. The third kappa shape index (κ3) is 5.32. The van der Waals surface area contributed by atoms with Gasteiger partial charge in [0.25, 0.3) is 0 Å². The molecule has 0 spiro atoms. The number of aryl methyl sites for hydroxylation is 1. The molecule has 1 amide bonds. The van der Waals surface area contributed by atoms with E-state index in [9.17, 15) is 13.2 Å². The van der Waals surface area contributed by atoms with Crippen LogP contribution in [0.3, 0.4) is 0 Å². The van der Waals surface area contributed by atoms with Crippen LogP contribution in [0.2, 0.25) is 0 Å². The molecule has 0 aromatic heterocycles. The summed E-state index contributed by atoms with van der Waals surface area (Å²) in [6, 6.07) is 12.4. The van der Waals surface area contributed by atoms with Gasteiger partial charge in [-0.25, -0.2) is 8.42 Å². The molecule has 0 bridgehead atoms. The minimum Gasteiger partial charge on any atom is -0.492 e. The molecule has 3 rings (SSSR count). The van der Waals surface area contributed by atoms with Crippen molar-refractivity contribution in [3.8, 4) is 17.2 Å². The number of carbonyl (C=O) groups is 1. The first-order chi connectivity index (χ1) is 13.9. The zero-order chi connectivity index (χ0) is 20.9. The maximum atomic E-state index is 12.5. The van der Waals surface area contributed by atoms with Crippen LogP contribution in [-0.2, 0) is 14.8 Å². The summed E-state index contributed by atoms with van der Waals surface area (Å²) in [6.07, 6.45) is 0. The van der Waals surface area contributed by atoms with Gasteiger partial charge in [-0.05, 0) is 43.7 Å². The van der Waals surface area contributed by atoms with Crippen molar-refractivity contribution in [3.63, 3.8) is 0 Å². The van der Waals surface area contributed by atoms with Crippen molar-refractivity contribution < 1.29 is 27.4 Å². The van der Waals surface area contributed by atoms with Crippen molar-refractivity contribution in [3.05, 3.63) is 48.0 Å². The number of carbonyl (C=O) groups excluding carboxylic acids is 1. The van der Waals surface area contributed by atoms with Gasteiger partial charge >= 0.3 is 0 Å². The van der Waals surface area contributed by atoms with Crippen LogP contribution >= 0.6 is 0 Å². The Kier molecular flexibility index (Phi) is 6.48. The van der Waals surface area contributed by atoms with Crippen LogP contribution in [0.15, 0.2) is 42.5 Å². The molecule has 1 heterocycles. The number of ether oxygens (including phenoxy) is 3. The van der Waals surface area contributed by atoms with Crippen molar-refractivity contribution in [1.82, 2.24) is 5.32 Å². The van der Waals surface area contributed by atoms with Gasteiger partial charge in [0.2, 0.25) is 22.7 Å². The number of benzene rings is 2. The molecule has 1 aliphatic heterocycles. The van der Waals surface area contributed by atoms with E-state index in [4.69, 9.17) is 14.2 Å². The molecule has 29 heavy (non-hydrogen) atoms. The number of fused-ring (bicyclic) bond motifs is 1. The Balaban J connectivity index is 1.60. The van der Waals surface area contributed by atoms with Gasteiger partial charge in [0.15, 0.2) is 11.5 Å². The fourth-order valence-corrected chi connectivity index (χ4v) is 3.86. The first-order valence-corrected chi connectivity index (χ1v) is 10.9. The topological polar surface area (TPSA) is 94.2 Å². The molecular formula is C20H24N2O6S. The molecule has 0 atom stereocenters. The predicted molar refractivity (Wildman–Crippen MR) is 109 cm³/mol. The van der Waals surface area contributed by atoms with Gasteiger partial charge in [0.1, 0.15) is 18.9 Å². The second-order valence-corrected chi connectivity index (χ2v) is 8.64. The van der Waals surface area contributed by atoms with Gasteiger partial charge in [-0.1, -0.05) is 12.1 Å². The van der Waals surface area contributed by atoms with Crippen molar-refractivity contribution in [2.75, 3.05) is 36.5 Å². The van der Waals surface area contributed by atoms with Gasteiger partial charge in [-0.15, -0.1) is 0 Å².